The Balaban J connectivity index is 2.70. The Kier molecular flexibility index (Phi) is 16.5. The number of carbonyl (C=O) groups excluding carboxylic acids is 4. The molecule has 0 spiro atoms. The molecule has 1 rings (SSSR count). The van der Waals surface area contributed by atoms with E-state index in [1.54, 1.807) is 30.3 Å². The third-order valence-corrected chi connectivity index (χ3v) is 5.08. The summed E-state index contributed by atoms with van der Waals surface area (Å²) in [5, 5.41) is 5.87. The van der Waals surface area contributed by atoms with Crippen LogP contribution >= 0.6 is 0 Å². The predicted molar refractivity (Wildman–Crippen MR) is 145 cm³/mol. The van der Waals surface area contributed by atoms with E-state index in [2.05, 4.69) is 10.6 Å². The van der Waals surface area contributed by atoms with Crippen molar-refractivity contribution in [3.63, 3.8) is 0 Å². The Morgan fingerprint density at radius 3 is 1.97 bits per heavy atom. The van der Waals surface area contributed by atoms with Crippen LogP contribution in [0.25, 0.3) is 5.57 Å². The summed E-state index contributed by atoms with van der Waals surface area (Å²) < 4.78 is 15.4. The molecule has 1 aromatic carbocycles. The van der Waals surface area contributed by atoms with Crippen LogP contribution < -0.4 is 15.4 Å². The summed E-state index contributed by atoms with van der Waals surface area (Å²) in [6.45, 7) is 4.64. The summed E-state index contributed by atoms with van der Waals surface area (Å²) in [6.07, 6.45) is 1.32. The van der Waals surface area contributed by atoms with Gasteiger partial charge in [-0.1, -0.05) is 18.2 Å². The summed E-state index contributed by atoms with van der Waals surface area (Å²) in [5.74, 6) is -1.59. The Morgan fingerprint density at radius 1 is 0.842 bits per heavy atom. The van der Waals surface area contributed by atoms with E-state index < -0.39 is 17.9 Å². The first-order valence-electron chi connectivity index (χ1n) is 12.6. The molecule has 0 amide bonds. The molecule has 0 heterocycles. The van der Waals surface area contributed by atoms with Gasteiger partial charge in [-0.2, -0.15) is 0 Å². The van der Waals surface area contributed by atoms with E-state index in [0.29, 0.717) is 36.6 Å². The van der Waals surface area contributed by atoms with Gasteiger partial charge in [-0.25, -0.2) is 0 Å². The Hall–Kier alpha value is -3.12. The maximum atomic E-state index is 12.5. The fourth-order valence-electron chi connectivity index (χ4n) is 3.07. The minimum atomic E-state index is -0.729. The molecule has 0 aliphatic heterocycles. The standard InChI is InChI=1S/C27H42N4O7/c1-6-36-24-11-8-21(9-12-24)22(17-25(33)38-27(35)19-29-14-16-31(4)5)7-10-23(32)20-37-26(34)18-28-13-15-30(2)3/h7-9,11-12,28-29H,6,10,13-20H2,1-5H3/b22-7-. The van der Waals surface area contributed by atoms with Gasteiger partial charge in [0.15, 0.2) is 5.78 Å². The van der Waals surface area contributed by atoms with E-state index in [1.165, 1.54) is 0 Å². The summed E-state index contributed by atoms with van der Waals surface area (Å²) in [6, 6.07) is 7.03. The van der Waals surface area contributed by atoms with Crippen LogP contribution in [0.3, 0.4) is 0 Å². The van der Waals surface area contributed by atoms with Crippen molar-refractivity contribution < 1.29 is 33.4 Å². The smallest absolute Gasteiger partial charge is 0.327 e. The molecule has 0 aromatic heterocycles. The van der Waals surface area contributed by atoms with Crippen molar-refractivity contribution in [2.75, 3.05) is 80.7 Å². The van der Waals surface area contributed by atoms with Gasteiger partial charge in [-0.15, -0.1) is 0 Å². The highest BCUT2D eigenvalue weighted by Crippen LogP contribution is 2.23. The van der Waals surface area contributed by atoms with E-state index in [4.69, 9.17) is 14.2 Å². The number of allylic oxidation sites excluding steroid dienone is 1. The number of hydrogen-bond acceptors (Lipinski definition) is 11. The second-order valence-corrected chi connectivity index (χ2v) is 9.07. The van der Waals surface area contributed by atoms with Gasteiger partial charge < -0.3 is 34.6 Å². The Labute approximate surface area is 225 Å². The van der Waals surface area contributed by atoms with Crippen molar-refractivity contribution in [2.45, 2.75) is 19.8 Å². The average Bonchev–Trinajstić information content (AvgIpc) is 2.86. The second kappa shape index (κ2) is 19.0. The molecule has 0 bridgehead atoms. The van der Waals surface area contributed by atoms with Gasteiger partial charge in [0, 0.05) is 32.6 Å². The molecule has 2 N–H and O–H groups in total. The number of nitrogens with zero attached hydrogens (tertiary/aromatic N) is 2. The van der Waals surface area contributed by atoms with E-state index in [9.17, 15) is 19.2 Å². The first kappa shape index (κ1) is 32.9. The van der Waals surface area contributed by atoms with Crippen LogP contribution in [-0.4, -0.2) is 114 Å². The quantitative estimate of drug-likeness (QED) is 0.148. The number of rotatable bonds is 19. The van der Waals surface area contributed by atoms with E-state index in [1.807, 2.05) is 44.9 Å². The third kappa shape index (κ3) is 15.9. The highest BCUT2D eigenvalue weighted by Gasteiger charge is 2.15. The molecule has 0 aliphatic rings. The number of ether oxygens (including phenoxy) is 3. The van der Waals surface area contributed by atoms with E-state index >= 15 is 0 Å². The molecular weight excluding hydrogens is 492 g/mol. The maximum absolute atomic E-state index is 12.5. The lowest BCUT2D eigenvalue weighted by molar-refractivity contribution is -0.158. The lowest BCUT2D eigenvalue weighted by atomic mass is 10.0. The fraction of sp³-hybridized carbons (Fsp3) is 0.556. The van der Waals surface area contributed by atoms with Gasteiger partial charge in [0.25, 0.3) is 0 Å². The van der Waals surface area contributed by atoms with Crippen LogP contribution in [0.5, 0.6) is 5.75 Å². The molecule has 0 saturated carbocycles. The topological polar surface area (TPSA) is 127 Å². The zero-order valence-corrected chi connectivity index (χ0v) is 23.2. The zero-order valence-electron chi connectivity index (χ0n) is 23.2. The SMILES string of the molecule is CCOc1ccc(/C(=C\CC(=O)COC(=O)CNCCN(C)C)CC(=O)OC(=O)CNCCN(C)C)cc1. The monoisotopic (exact) mass is 534 g/mol. The summed E-state index contributed by atoms with van der Waals surface area (Å²) in [4.78, 5) is 52.6. The molecule has 0 saturated heterocycles. The lowest BCUT2D eigenvalue weighted by Crippen LogP contribution is -2.32. The summed E-state index contributed by atoms with van der Waals surface area (Å²) >= 11 is 0. The lowest BCUT2D eigenvalue weighted by Gasteiger charge is -2.11. The molecule has 1 aromatic rings. The number of benzene rings is 1. The number of likely N-dealkylation sites (N-methyl/N-ethyl adjacent to an activating group) is 2. The highest BCUT2D eigenvalue weighted by molar-refractivity contribution is 5.93. The van der Waals surface area contributed by atoms with Crippen LogP contribution in [0.1, 0.15) is 25.3 Å². The number of ketones is 1. The zero-order chi connectivity index (χ0) is 28.3. The summed E-state index contributed by atoms with van der Waals surface area (Å²) in [5.41, 5.74) is 1.19. The van der Waals surface area contributed by atoms with Crippen molar-refractivity contribution in [3.8, 4) is 5.75 Å². The van der Waals surface area contributed by atoms with Crippen LogP contribution in [0, 0.1) is 0 Å². The van der Waals surface area contributed by atoms with Crippen molar-refractivity contribution >= 4 is 29.3 Å². The first-order valence-corrected chi connectivity index (χ1v) is 12.6. The maximum Gasteiger partial charge on any atom is 0.327 e. The summed E-state index contributed by atoms with van der Waals surface area (Å²) in [7, 11) is 7.68. The molecule has 0 unspecified atom stereocenters. The minimum Gasteiger partial charge on any atom is -0.494 e. The van der Waals surface area contributed by atoms with Crippen molar-refractivity contribution in [1.29, 1.82) is 0 Å². The largest absolute Gasteiger partial charge is 0.494 e. The third-order valence-electron chi connectivity index (χ3n) is 5.08. The van der Waals surface area contributed by atoms with Crippen LogP contribution in [0.4, 0.5) is 0 Å². The highest BCUT2D eigenvalue weighted by atomic mass is 16.6. The van der Waals surface area contributed by atoms with E-state index in [0.717, 1.165) is 13.1 Å². The molecule has 0 aliphatic carbocycles. The van der Waals surface area contributed by atoms with Gasteiger partial charge >= 0.3 is 17.9 Å². The number of hydrogen-bond donors (Lipinski definition) is 2. The molecule has 0 fully saturated rings. The van der Waals surface area contributed by atoms with Crippen molar-refractivity contribution in [2.24, 2.45) is 0 Å². The Morgan fingerprint density at radius 2 is 1.42 bits per heavy atom. The van der Waals surface area contributed by atoms with Crippen molar-refractivity contribution in [1.82, 2.24) is 20.4 Å². The predicted octanol–water partition coefficient (Wildman–Crippen LogP) is 0.733. The molecule has 11 nitrogen and oxygen atoms in total. The van der Waals surface area contributed by atoms with Gasteiger partial charge in [0.05, 0.1) is 26.1 Å². The van der Waals surface area contributed by atoms with Gasteiger partial charge in [0.2, 0.25) is 0 Å². The van der Waals surface area contributed by atoms with Gasteiger partial charge in [-0.3, -0.25) is 19.2 Å². The molecule has 212 valence electrons. The molecular formula is C27H42N4O7. The second-order valence-electron chi connectivity index (χ2n) is 9.07. The number of carbonyl (C=O) groups is 4. The molecule has 11 heteroatoms. The average molecular weight is 535 g/mol. The first-order chi connectivity index (χ1) is 18.1. The number of Topliss-reactive ketones (excluding diaryl/α,β-unsaturated/α-hetero) is 1. The van der Waals surface area contributed by atoms with Crippen molar-refractivity contribution in [3.05, 3.63) is 35.9 Å². The Bertz CT molecular complexity index is 915. The van der Waals surface area contributed by atoms with Crippen LogP contribution in [0.2, 0.25) is 0 Å². The molecule has 0 atom stereocenters. The fourth-order valence-corrected chi connectivity index (χ4v) is 3.07. The minimum absolute atomic E-state index is 0.0122. The van der Waals surface area contributed by atoms with Gasteiger partial charge in [-0.05, 0) is 58.4 Å². The normalized spacial score (nSPS) is 11.5. The van der Waals surface area contributed by atoms with E-state index in [-0.39, 0.29) is 38.3 Å². The molecule has 0 radical (unpaired) electrons. The van der Waals surface area contributed by atoms with Crippen LogP contribution in [0.15, 0.2) is 30.3 Å². The van der Waals surface area contributed by atoms with Crippen LogP contribution in [-0.2, 0) is 28.7 Å². The van der Waals surface area contributed by atoms with Gasteiger partial charge in [0.1, 0.15) is 12.4 Å². The number of esters is 3. The molecule has 38 heavy (non-hydrogen) atoms. The number of nitrogens with one attached hydrogen (secondary N) is 2.